The van der Waals surface area contributed by atoms with E-state index in [4.69, 9.17) is 9.47 Å². The maximum absolute atomic E-state index is 12.5. The minimum atomic E-state index is -0.611. The molecule has 0 aliphatic carbocycles. The molecular formula is C16H30N2O4. The van der Waals surface area contributed by atoms with Crippen LogP contribution < -0.4 is 5.32 Å². The first kappa shape index (κ1) is 18.7. The second-order valence-electron chi connectivity index (χ2n) is 7.73. The number of likely N-dealkylation sites (tertiary alicyclic amines) is 1. The highest BCUT2D eigenvalue weighted by Gasteiger charge is 2.40. The van der Waals surface area contributed by atoms with E-state index >= 15 is 0 Å². The SMILES string of the molecule is CNC1CCN(C(=O)OC(C)(C)C)C(C(=O)OC(C)(C)C)C1. The lowest BCUT2D eigenvalue weighted by Crippen LogP contribution is -2.55. The van der Waals surface area contributed by atoms with Crippen LogP contribution in [-0.4, -0.2) is 53.8 Å². The number of nitrogens with zero attached hydrogens (tertiary/aromatic N) is 1. The van der Waals surface area contributed by atoms with Gasteiger partial charge in [0, 0.05) is 12.6 Å². The molecule has 6 heteroatoms. The summed E-state index contributed by atoms with van der Waals surface area (Å²) in [4.78, 5) is 26.3. The maximum Gasteiger partial charge on any atom is 0.411 e. The first-order valence-electron chi connectivity index (χ1n) is 7.82. The van der Waals surface area contributed by atoms with Gasteiger partial charge < -0.3 is 14.8 Å². The lowest BCUT2D eigenvalue weighted by Gasteiger charge is -2.39. The van der Waals surface area contributed by atoms with E-state index in [0.29, 0.717) is 13.0 Å². The summed E-state index contributed by atoms with van der Waals surface area (Å²) in [6.07, 6.45) is 0.859. The fraction of sp³-hybridized carbons (Fsp3) is 0.875. The molecule has 1 fully saturated rings. The number of hydrogen-bond acceptors (Lipinski definition) is 5. The molecular weight excluding hydrogens is 284 g/mol. The molecule has 1 aliphatic rings. The number of carbonyl (C=O) groups is 2. The summed E-state index contributed by atoms with van der Waals surface area (Å²) in [6.45, 7) is 11.4. The van der Waals surface area contributed by atoms with Crippen molar-refractivity contribution in [1.29, 1.82) is 0 Å². The number of ether oxygens (including phenoxy) is 2. The number of piperidine rings is 1. The van der Waals surface area contributed by atoms with E-state index in [1.165, 1.54) is 4.90 Å². The van der Waals surface area contributed by atoms with Gasteiger partial charge >= 0.3 is 12.1 Å². The van der Waals surface area contributed by atoms with Crippen LogP contribution in [0.25, 0.3) is 0 Å². The molecule has 1 N–H and O–H groups in total. The average Bonchev–Trinajstić information content (AvgIpc) is 2.33. The van der Waals surface area contributed by atoms with Crippen molar-refractivity contribution < 1.29 is 19.1 Å². The van der Waals surface area contributed by atoms with E-state index < -0.39 is 23.3 Å². The Labute approximate surface area is 133 Å². The van der Waals surface area contributed by atoms with Gasteiger partial charge in [-0.1, -0.05) is 0 Å². The van der Waals surface area contributed by atoms with Crippen molar-refractivity contribution in [3.8, 4) is 0 Å². The van der Waals surface area contributed by atoms with Crippen LogP contribution in [-0.2, 0) is 14.3 Å². The monoisotopic (exact) mass is 314 g/mol. The number of rotatable bonds is 2. The van der Waals surface area contributed by atoms with Gasteiger partial charge in [0.1, 0.15) is 17.2 Å². The summed E-state index contributed by atoms with van der Waals surface area (Å²) in [5.74, 6) is -0.377. The minimum absolute atomic E-state index is 0.191. The largest absolute Gasteiger partial charge is 0.458 e. The number of carbonyl (C=O) groups excluding carboxylic acids is 2. The predicted octanol–water partition coefficient (Wildman–Crippen LogP) is 2.32. The third-order valence-electron chi connectivity index (χ3n) is 3.32. The van der Waals surface area contributed by atoms with Gasteiger partial charge in [-0.25, -0.2) is 9.59 Å². The number of amides is 1. The Morgan fingerprint density at radius 2 is 1.59 bits per heavy atom. The van der Waals surface area contributed by atoms with Crippen molar-refractivity contribution in [2.24, 2.45) is 0 Å². The van der Waals surface area contributed by atoms with Crippen LogP contribution in [0.3, 0.4) is 0 Å². The Kier molecular flexibility index (Phi) is 5.84. The van der Waals surface area contributed by atoms with Gasteiger partial charge in [0.25, 0.3) is 0 Å². The molecule has 2 unspecified atom stereocenters. The topological polar surface area (TPSA) is 67.9 Å². The van der Waals surface area contributed by atoms with E-state index in [1.54, 1.807) is 0 Å². The van der Waals surface area contributed by atoms with Crippen molar-refractivity contribution in [2.45, 2.75) is 77.7 Å². The van der Waals surface area contributed by atoms with Crippen LogP contribution in [0.15, 0.2) is 0 Å². The van der Waals surface area contributed by atoms with Crippen molar-refractivity contribution in [3.05, 3.63) is 0 Å². The molecule has 0 bridgehead atoms. The smallest absolute Gasteiger partial charge is 0.411 e. The molecule has 1 amide bonds. The molecule has 1 heterocycles. The van der Waals surface area contributed by atoms with E-state index in [1.807, 2.05) is 48.6 Å². The molecule has 0 aromatic heterocycles. The number of hydrogen-bond donors (Lipinski definition) is 1. The Morgan fingerprint density at radius 1 is 1.05 bits per heavy atom. The van der Waals surface area contributed by atoms with Crippen molar-refractivity contribution in [3.63, 3.8) is 0 Å². The predicted molar refractivity (Wildman–Crippen MR) is 84.7 cm³/mol. The van der Waals surface area contributed by atoms with Crippen LogP contribution in [0.2, 0.25) is 0 Å². The highest BCUT2D eigenvalue weighted by Crippen LogP contribution is 2.23. The van der Waals surface area contributed by atoms with Gasteiger partial charge in [0.15, 0.2) is 0 Å². The van der Waals surface area contributed by atoms with Crippen LogP contribution >= 0.6 is 0 Å². The zero-order valence-corrected chi connectivity index (χ0v) is 14.9. The van der Waals surface area contributed by atoms with E-state index in [9.17, 15) is 9.59 Å². The molecule has 0 spiro atoms. The standard InChI is InChI=1S/C16H30N2O4/c1-15(2,3)21-13(19)12-10-11(17-7)8-9-18(12)14(20)22-16(4,5)6/h11-12,17H,8-10H2,1-7H3. The number of nitrogens with one attached hydrogen (secondary N) is 1. The van der Waals surface area contributed by atoms with Gasteiger partial charge in [-0.3, -0.25) is 4.90 Å². The Hall–Kier alpha value is -1.30. The van der Waals surface area contributed by atoms with Crippen LogP contribution in [0.4, 0.5) is 4.79 Å². The zero-order chi connectivity index (χ0) is 17.1. The lowest BCUT2D eigenvalue weighted by atomic mass is 9.97. The maximum atomic E-state index is 12.5. The third-order valence-corrected chi connectivity index (χ3v) is 3.32. The third kappa shape index (κ3) is 5.83. The molecule has 0 saturated carbocycles. The van der Waals surface area contributed by atoms with Crippen LogP contribution in [0.5, 0.6) is 0 Å². The quantitative estimate of drug-likeness (QED) is 0.792. The molecule has 22 heavy (non-hydrogen) atoms. The van der Waals surface area contributed by atoms with Gasteiger partial charge in [-0.05, 0) is 61.4 Å². The van der Waals surface area contributed by atoms with E-state index in [0.717, 1.165) is 6.42 Å². The van der Waals surface area contributed by atoms with E-state index in [-0.39, 0.29) is 12.0 Å². The number of esters is 1. The van der Waals surface area contributed by atoms with Gasteiger partial charge in [0.2, 0.25) is 0 Å². The summed E-state index contributed by atoms with van der Waals surface area (Å²) in [5, 5.41) is 3.17. The van der Waals surface area contributed by atoms with Gasteiger partial charge in [0.05, 0.1) is 0 Å². The molecule has 1 aliphatic heterocycles. The second-order valence-corrected chi connectivity index (χ2v) is 7.73. The summed E-state index contributed by atoms with van der Waals surface area (Å²) in [6, 6.07) is -0.420. The van der Waals surface area contributed by atoms with Gasteiger partial charge in [-0.2, -0.15) is 0 Å². The van der Waals surface area contributed by atoms with Gasteiger partial charge in [-0.15, -0.1) is 0 Å². The molecule has 0 aromatic rings. The Bertz CT molecular complexity index is 409. The summed E-state index contributed by atoms with van der Waals surface area (Å²) >= 11 is 0. The molecule has 6 nitrogen and oxygen atoms in total. The molecule has 1 rings (SSSR count). The molecule has 1 saturated heterocycles. The zero-order valence-electron chi connectivity index (χ0n) is 14.9. The fourth-order valence-corrected chi connectivity index (χ4v) is 2.36. The van der Waals surface area contributed by atoms with E-state index in [2.05, 4.69) is 5.32 Å². The molecule has 0 aromatic carbocycles. The molecule has 2 atom stereocenters. The Morgan fingerprint density at radius 3 is 2.05 bits per heavy atom. The fourth-order valence-electron chi connectivity index (χ4n) is 2.36. The van der Waals surface area contributed by atoms with Crippen LogP contribution in [0, 0.1) is 0 Å². The van der Waals surface area contributed by atoms with Crippen molar-refractivity contribution >= 4 is 12.1 Å². The first-order valence-corrected chi connectivity index (χ1v) is 7.82. The summed E-state index contributed by atoms with van der Waals surface area (Å²) in [7, 11) is 1.86. The van der Waals surface area contributed by atoms with Crippen molar-refractivity contribution in [1.82, 2.24) is 10.2 Å². The second kappa shape index (κ2) is 6.86. The minimum Gasteiger partial charge on any atom is -0.458 e. The first-order chi connectivity index (χ1) is 9.93. The summed E-state index contributed by atoms with van der Waals surface area (Å²) < 4.78 is 10.9. The molecule has 128 valence electrons. The van der Waals surface area contributed by atoms with Crippen LogP contribution in [0.1, 0.15) is 54.4 Å². The Balaban J connectivity index is 2.88. The normalized spacial score (nSPS) is 23.1. The van der Waals surface area contributed by atoms with Crippen molar-refractivity contribution in [2.75, 3.05) is 13.6 Å². The highest BCUT2D eigenvalue weighted by atomic mass is 16.6. The molecule has 0 radical (unpaired) electrons. The lowest BCUT2D eigenvalue weighted by molar-refractivity contribution is -0.162. The summed E-state index contributed by atoms with van der Waals surface area (Å²) in [5.41, 5.74) is -1.17. The average molecular weight is 314 g/mol. The highest BCUT2D eigenvalue weighted by molar-refractivity contribution is 5.82.